The summed E-state index contributed by atoms with van der Waals surface area (Å²) in [6, 6.07) is 6.90. The molecule has 1 aromatic rings. The Kier molecular flexibility index (Phi) is 6.16. The van der Waals surface area contributed by atoms with E-state index in [1.807, 2.05) is 19.9 Å². The molecule has 0 fully saturated rings. The fraction of sp³-hybridized carbons (Fsp3) is 0.353. The van der Waals surface area contributed by atoms with E-state index in [-0.39, 0.29) is 0 Å². The molecule has 20 heavy (non-hydrogen) atoms. The van der Waals surface area contributed by atoms with Crippen molar-refractivity contribution in [3.63, 3.8) is 0 Å². The van der Waals surface area contributed by atoms with Crippen LogP contribution in [-0.2, 0) is 11.5 Å². The second-order valence-electron chi connectivity index (χ2n) is 4.88. The molecular weight excluding hydrogens is 253 g/mol. The van der Waals surface area contributed by atoms with Crippen molar-refractivity contribution in [1.82, 2.24) is 0 Å². The fourth-order valence-electron chi connectivity index (χ4n) is 1.88. The zero-order valence-electron chi connectivity index (χ0n) is 12.6. The Hall–Kier alpha value is -1.90. The molecule has 0 aliphatic rings. The number of benzene rings is 1. The van der Waals surface area contributed by atoms with Gasteiger partial charge in [-0.25, -0.2) is 4.39 Å². The number of hydrogen-bond donors (Lipinski definition) is 0. The molecule has 3 heteroatoms. The minimum absolute atomic E-state index is 0.492. The molecule has 0 spiro atoms. The molecule has 108 valence electrons. The van der Waals surface area contributed by atoms with Crippen molar-refractivity contribution >= 4 is 12.1 Å². The number of carbonyl (C=O) groups is 1. The van der Waals surface area contributed by atoms with Crippen LogP contribution in [0.4, 0.5) is 10.1 Å². The average Bonchev–Trinajstić information content (AvgIpc) is 2.47. The topological polar surface area (TPSA) is 20.3 Å². The van der Waals surface area contributed by atoms with E-state index < -0.39 is 6.67 Å². The highest BCUT2D eigenvalue weighted by atomic mass is 19.1. The Labute approximate surface area is 120 Å². The molecule has 0 heterocycles. The van der Waals surface area contributed by atoms with Crippen molar-refractivity contribution in [1.29, 1.82) is 0 Å². The molecule has 0 saturated heterocycles. The summed E-state index contributed by atoms with van der Waals surface area (Å²) in [4.78, 5) is 12.9. The number of nitrogens with zero attached hydrogens (tertiary/aromatic N) is 1. The predicted molar refractivity (Wildman–Crippen MR) is 82.2 cm³/mol. The fourth-order valence-corrected chi connectivity index (χ4v) is 1.88. The molecule has 1 amide bonds. The molecular formula is C17H22FNO. The van der Waals surface area contributed by atoms with Crippen LogP contribution < -0.4 is 4.90 Å². The number of amides is 1. The predicted octanol–water partition coefficient (Wildman–Crippen LogP) is 4.77. The molecule has 0 radical (unpaired) electrons. The third kappa shape index (κ3) is 4.05. The largest absolute Gasteiger partial charge is 0.288 e. The third-order valence-electron chi connectivity index (χ3n) is 3.48. The molecule has 0 aromatic heterocycles. The van der Waals surface area contributed by atoms with Crippen LogP contribution in [0, 0.1) is 0 Å². The highest BCUT2D eigenvalue weighted by Gasteiger charge is 2.07. The van der Waals surface area contributed by atoms with Crippen molar-refractivity contribution in [2.45, 2.75) is 40.8 Å². The molecule has 0 atom stereocenters. The number of carbonyl (C=O) groups excluding carboxylic acids is 1. The first kappa shape index (κ1) is 16.2. The summed E-state index contributed by atoms with van der Waals surface area (Å²) in [5, 5.41) is 0. The maximum atomic E-state index is 12.5. The second kappa shape index (κ2) is 7.63. The van der Waals surface area contributed by atoms with Gasteiger partial charge in [0.05, 0.1) is 0 Å². The van der Waals surface area contributed by atoms with E-state index in [9.17, 15) is 9.18 Å². The van der Waals surface area contributed by atoms with Gasteiger partial charge >= 0.3 is 0 Å². The lowest BCUT2D eigenvalue weighted by Gasteiger charge is -2.19. The molecule has 0 saturated carbocycles. The first-order valence-electron chi connectivity index (χ1n) is 6.77. The Morgan fingerprint density at radius 1 is 1.20 bits per heavy atom. The molecule has 0 aliphatic heterocycles. The van der Waals surface area contributed by atoms with Crippen LogP contribution in [-0.4, -0.2) is 6.41 Å². The summed E-state index contributed by atoms with van der Waals surface area (Å²) in [6.07, 6.45) is 3.77. The zero-order valence-corrected chi connectivity index (χ0v) is 12.6. The Morgan fingerprint density at radius 3 is 2.25 bits per heavy atom. The Bertz CT molecular complexity index is 514. The van der Waals surface area contributed by atoms with E-state index in [4.69, 9.17) is 0 Å². The maximum absolute atomic E-state index is 12.5. The third-order valence-corrected chi connectivity index (χ3v) is 3.48. The van der Waals surface area contributed by atoms with E-state index in [1.165, 1.54) is 5.57 Å². The number of halogens is 1. The van der Waals surface area contributed by atoms with Gasteiger partial charge in [0.15, 0.2) is 0 Å². The van der Waals surface area contributed by atoms with Gasteiger partial charge in [0.25, 0.3) is 0 Å². The molecule has 0 unspecified atom stereocenters. The smallest absolute Gasteiger partial charge is 0.218 e. The SMILES string of the molecule is CC/C(C)=C(C)/C=C(/C)N(C=O)c1ccc(CF)cc1. The first-order valence-corrected chi connectivity index (χ1v) is 6.77. The minimum atomic E-state index is -0.492. The highest BCUT2D eigenvalue weighted by Crippen LogP contribution is 2.20. The first-order chi connectivity index (χ1) is 9.53. The van der Waals surface area contributed by atoms with Gasteiger partial charge in [-0.15, -0.1) is 0 Å². The van der Waals surface area contributed by atoms with Crippen molar-refractivity contribution in [3.8, 4) is 0 Å². The number of rotatable bonds is 6. The molecule has 2 nitrogen and oxygen atoms in total. The summed E-state index contributed by atoms with van der Waals surface area (Å²) in [6.45, 7) is 7.63. The molecule has 0 N–H and O–H groups in total. The molecule has 1 aromatic carbocycles. The Balaban J connectivity index is 3.06. The van der Waals surface area contributed by atoms with Crippen LogP contribution in [0.15, 0.2) is 47.2 Å². The van der Waals surface area contributed by atoms with Crippen LogP contribution in [0.5, 0.6) is 0 Å². The highest BCUT2D eigenvalue weighted by molar-refractivity contribution is 5.79. The van der Waals surface area contributed by atoms with Gasteiger partial charge in [0.2, 0.25) is 6.41 Å². The monoisotopic (exact) mass is 275 g/mol. The van der Waals surface area contributed by atoms with Gasteiger partial charge in [-0.3, -0.25) is 9.69 Å². The van der Waals surface area contributed by atoms with E-state index in [0.717, 1.165) is 29.8 Å². The maximum Gasteiger partial charge on any atom is 0.218 e. The lowest BCUT2D eigenvalue weighted by molar-refractivity contribution is -0.107. The van der Waals surface area contributed by atoms with Crippen LogP contribution in [0.1, 0.15) is 39.7 Å². The van der Waals surface area contributed by atoms with E-state index in [1.54, 1.807) is 29.2 Å². The molecule has 0 bridgehead atoms. The van der Waals surface area contributed by atoms with Crippen LogP contribution >= 0.6 is 0 Å². The van der Waals surface area contributed by atoms with Gasteiger partial charge in [-0.05, 0) is 51.0 Å². The average molecular weight is 275 g/mol. The van der Waals surface area contributed by atoms with Crippen LogP contribution in [0.2, 0.25) is 0 Å². The van der Waals surface area contributed by atoms with E-state index >= 15 is 0 Å². The summed E-state index contributed by atoms with van der Waals surface area (Å²) in [5.41, 5.74) is 4.66. The zero-order chi connectivity index (χ0) is 15.1. The number of hydrogen-bond acceptors (Lipinski definition) is 1. The van der Waals surface area contributed by atoms with Crippen molar-refractivity contribution in [2.75, 3.05) is 4.90 Å². The summed E-state index contributed by atoms with van der Waals surface area (Å²) in [5.74, 6) is 0. The van der Waals surface area contributed by atoms with E-state index in [2.05, 4.69) is 13.8 Å². The number of alkyl halides is 1. The Morgan fingerprint density at radius 2 is 1.80 bits per heavy atom. The van der Waals surface area contributed by atoms with Gasteiger partial charge in [-0.1, -0.05) is 30.2 Å². The summed E-state index contributed by atoms with van der Waals surface area (Å²) < 4.78 is 12.5. The lowest BCUT2D eigenvalue weighted by atomic mass is 10.1. The van der Waals surface area contributed by atoms with Gasteiger partial charge in [-0.2, -0.15) is 0 Å². The summed E-state index contributed by atoms with van der Waals surface area (Å²) >= 11 is 0. The van der Waals surface area contributed by atoms with Gasteiger partial charge in [0.1, 0.15) is 6.67 Å². The number of allylic oxidation sites excluding steroid dienone is 4. The second-order valence-corrected chi connectivity index (χ2v) is 4.88. The van der Waals surface area contributed by atoms with Crippen molar-refractivity contribution in [3.05, 3.63) is 52.7 Å². The molecule has 0 aliphatic carbocycles. The van der Waals surface area contributed by atoms with Gasteiger partial charge < -0.3 is 0 Å². The molecule has 1 rings (SSSR count). The van der Waals surface area contributed by atoms with Gasteiger partial charge in [0, 0.05) is 11.4 Å². The lowest BCUT2D eigenvalue weighted by Crippen LogP contribution is -2.18. The van der Waals surface area contributed by atoms with E-state index in [0.29, 0.717) is 5.56 Å². The van der Waals surface area contributed by atoms with Crippen LogP contribution in [0.25, 0.3) is 0 Å². The normalized spacial score (nSPS) is 12.9. The number of anilines is 1. The minimum Gasteiger partial charge on any atom is -0.288 e. The van der Waals surface area contributed by atoms with Crippen molar-refractivity contribution in [2.24, 2.45) is 0 Å². The van der Waals surface area contributed by atoms with Crippen molar-refractivity contribution < 1.29 is 9.18 Å². The standard InChI is InChI=1S/C17H22FNO/c1-5-13(2)14(3)10-15(4)19(12-20)17-8-6-16(11-18)7-9-17/h6-10,12H,5,11H2,1-4H3/b14-13+,15-10-. The summed E-state index contributed by atoms with van der Waals surface area (Å²) in [7, 11) is 0. The van der Waals surface area contributed by atoms with Crippen LogP contribution in [0.3, 0.4) is 0 Å². The quantitative estimate of drug-likeness (QED) is 0.541.